The zero-order valence-electron chi connectivity index (χ0n) is 19.2. The number of carbonyl (C=O) groups is 2. The van der Waals surface area contributed by atoms with Crippen molar-refractivity contribution in [3.05, 3.63) is 65.5 Å². The molecule has 1 aliphatic heterocycles. The number of hydrogen-bond acceptors (Lipinski definition) is 6. The number of benzene rings is 2. The first-order valence-electron chi connectivity index (χ1n) is 10.8. The zero-order valence-corrected chi connectivity index (χ0v) is 19.2. The molecular formula is C25H30N4O4. The minimum Gasteiger partial charge on any atom is -0.508 e. The lowest BCUT2D eigenvalue weighted by atomic mass is 10.0. The monoisotopic (exact) mass is 450 g/mol. The molecule has 0 aliphatic carbocycles. The standard InChI is InChI=1S/C24H28N4O2.CH2O2/c1-16(14-27(2)3)25-24(30)21-9-8-17-10-11-28(15-22(17)26-21)23-13-19(29)12-18-6-4-5-7-20(18)23;2-1-3/h4-9,12-13,16,29H,10-11,14-15H2,1-3H3,(H,25,30);1H,(H,2,3)/t16-;/m1./s1. The first-order chi connectivity index (χ1) is 15.8. The number of hydrogen-bond donors (Lipinski definition) is 3. The molecule has 2 aromatic carbocycles. The van der Waals surface area contributed by atoms with Gasteiger partial charge < -0.3 is 25.3 Å². The smallest absolute Gasteiger partial charge is 0.290 e. The van der Waals surface area contributed by atoms with Crippen LogP contribution in [0.4, 0.5) is 5.69 Å². The van der Waals surface area contributed by atoms with E-state index in [0.717, 1.165) is 41.7 Å². The molecule has 0 fully saturated rings. The summed E-state index contributed by atoms with van der Waals surface area (Å²) in [6.45, 7) is 3.96. The Bertz CT molecular complexity index is 1130. The van der Waals surface area contributed by atoms with E-state index < -0.39 is 0 Å². The Morgan fingerprint density at radius 1 is 1.24 bits per heavy atom. The molecule has 3 aromatic rings. The quantitative estimate of drug-likeness (QED) is 0.513. The summed E-state index contributed by atoms with van der Waals surface area (Å²) in [4.78, 5) is 30.0. The van der Waals surface area contributed by atoms with Crippen LogP contribution >= 0.6 is 0 Å². The number of anilines is 1. The van der Waals surface area contributed by atoms with Crippen LogP contribution in [0.3, 0.4) is 0 Å². The van der Waals surface area contributed by atoms with E-state index in [4.69, 9.17) is 14.9 Å². The molecule has 4 rings (SSSR count). The lowest BCUT2D eigenvalue weighted by molar-refractivity contribution is -0.122. The summed E-state index contributed by atoms with van der Waals surface area (Å²) in [5, 5.41) is 22.2. The Kier molecular flexibility index (Phi) is 7.84. The lowest BCUT2D eigenvalue weighted by Gasteiger charge is -2.31. The van der Waals surface area contributed by atoms with Gasteiger partial charge in [-0.05, 0) is 50.5 Å². The third-order valence-electron chi connectivity index (χ3n) is 5.47. The highest BCUT2D eigenvalue weighted by Crippen LogP contribution is 2.34. The number of aromatic hydroxyl groups is 1. The summed E-state index contributed by atoms with van der Waals surface area (Å²) in [6.07, 6.45) is 0.852. The molecule has 2 heterocycles. The number of likely N-dealkylation sites (N-methyl/N-ethyl adjacent to an activating group) is 1. The normalized spacial score (nSPS) is 13.6. The van der Waals surface area contributed by atoms with Crippen LogP contribution in [-0.2, 0) is 17.8 Å². The number of carbonyl (C=O) groups excluding carboxylic acids is 1. The number of phenolic OH excluding ortho intramolecular Hbond substituents is 1. The van der Waals surface area contributed by atoms with Crippen molar-refractivity contribution in [2.75, 3.05) is 32.1 Å². The van der Waals surface area contributed by atoms with Gasteiger partial charge in [0.25, 0.3) is 12.4 Å². The van der Waals surface area contributed by atoms with E-state index in [1.807, 2.05) is 62.3 Å². The van der Waals surface area contributed by atoms with Gasteiger partial charge in [0.05, 0.1) is 12.2 Å². The molecule has 0 radical (unpaired) electrons. The average Bonchev–Trinajstić information content (AvgIpc) is 2.77. The maximum atomic E-state index is 12.7. The van der Waals surface area contributed by atoms with Crippen LogP contribution in [0.5, 0.6) is 5.75 Å². The van der Waals surface area contributed by atoms with Gasteiger partial charge in [0.15, 0.2) is 0 Å². The van der Waals surface area contributed by atoms with E-state index in [-0.39, 0.29) is 24.2 Å². The Balaban J connectivity index is 0.000000968. The number of rotatable bonds is 5. The van der Waals surface area contributed by atoms with E-state index in [0.29, 0.717) is 12.2 Å². The summed E-state index contributed by atoms with van der Waals surface area (Å²) in [5.74, 6) is 0.109. The fourth-order valence-corrected chi connectivity index (χ4v) is 4.17. The van der Waals surface area contributed by atoms with Gasteiger partial charge in [-0.15, -0.1) is 0 Å². The Morgan fingerprint density at radius 3 is 2.70 bits per heavy atom. The van der Waals surface area contributed by atoms with Crippen molar-refractivity contribution in [3.63, 3.8) is 0 Å². The fraction of sp³-hybridized carbons (Fsp3) is 0.320. The van der Waals surface area contributed by atoms with Gasteiger partial charge in [-0.25, -0.2) is 4.98 Å². The average molecular weight is 451 g/mol. The second-order valence-corrected chi connectivity index (χ2v) is 8.40. The van der Waals surface area contributed by atoms with Gasteiger partial charge in [-0.3, -0.25) is 9.59 Å². The van der Waals surface area contributed by atoms with Crippen molar-refractivity contribution in [2.24, 2.45) is 0 Å². The van der Waals surface area contributed by atoms with Crippen LogP contribution in [0.1, 0.15) is 28.7 Å². The fourth-order valence-electron chi connectivity index (χ4n) is 4.17. The van der Waals surface area contributed by atoms with E-state index in [1.54, 1.807) is 6.07 Å². The lowest BCUT2D eigenvalue weighted by Crippen LogP contribution is -2.40. The molecule has 1 aromatic heterocycles. The van der Waals surface area contributed by atoms with Gasteiger partial charge in [-0.1, -0.05) is 30.3 Å². The summed E-state index contributed by atoms with van der Waals surface area (Å²) in [5.41, 5.74) is 3.53. The highest BCUT2D eigenvalue weighted by Gasteiger charge is 2.22. The first kappa shape index (κ1) is 24.0. The molecule has 174 valence electrons. The predicted molar refractivity (Wildman–Crippen MR) is 129 cm³/mol. The molecule has 8 nitrogen and oxygen atoms in total. The number of amides is 1. The number of phenols is 1. The van der Waals surface area contributed by atoms with Crippen LogP contribution in [-0.4, -0.2) is 65.7 Å². The SMILES string of the molecule is C[C@H](CN(C)C)NC(=O)c1ccc2c(n1)CN(c1cc(O)cc3ccccc13)CC2.O=CO. The van der Waals surface area contributed by atoms with Gasteiger partial charge in [0.2, 0.25) is 0 Å². The van der Waals surface area contributed by atoms with Crippen molar-refractivity contribution in [1.29, 1.82) is 0 Å². The molecule has 0 saturated carbocycles. The Morgan fingerprint density at radius 2 is 1.97 bits per heavy atom. The van der Waals surface area contributed by atoms with Crippen molar-refractivity contribution in [1.82, 2.24) is 15.2 Å². The molecule has 0 saturated heterocycles. The van der Waals surface area contributed by atoms with Gasteiger partial charge in [-0.2, -0.15) is 0 Å². The van der Waals surface area contributed by atoms with E-state index in [1.165, 1.54) is 5.56 Å². The maximum Gasteiger partial charge on any atom is 0.290 e. The number of aromatic nitrogens is 1. The van der Waals surface area contributed by atoms with Gasteiger partial charge in [0, 0.05) is 36.3 Å². The van der Waals surface area contributed by atoms with Crippen molar-refractivity contribution >= 4 is 28.8 Å². The maximum absolute atomic E-state index is 12.7. The van der Waals surface area contributed by atoms with Crippen molar-refractivity contribution in [3.8, 4) is 5.75 Å². The number of nitrogens with zero attached hydrogens (tertiary/aromatic N) is 3. The van der Waals surface area contributed by atoms with Crippen molar-refractivity contribution in [2.45, 2.75) is 25.9 Å². The molecule has 0 spiro atoms. The zero-order chi connectivity index (χ0) is 24.0. The molecule has 0 bridgehead atoms. The molecular weight excluding hydrogens is 420 g/mol. The third kappa shape index (κ3) is 5.98. The molecule has 0 unspecified atom stereocenters. The highest BCUT2D eigenvalue weighted by atomic mass is 16.3. The van der Waals surface area contributed by atoms with Crippen molar-refractivity contribution < 1.29 is 19.8 Å². The molecule has 8 heteroatoms. The summed E-state index contributed by atoms with van der Waals surface area (Å²) in [6, 6.07) is 15.5. The summed E-state index contributed by atoms with van der Waals surface area (Å²) >= 11 is 0. The third-order valence-corrected chi connectivity index (χ3v) is 5.47. The van der Waals surface area contributed by atoms with E-state index in [9.17, 15) is 9.90 Å². The number of carboxylic acid groups (broad SMARTS) is 1. The Labute approximate surface area is 193 Å². The van der Waals surface area contributed by atoms with Crippen LogP contribution < -0.4 is 10.2 Å². The van der Waals surface area contributed by atoms with Gasteiger partial charge >= 0.3 is 0 Å². The summed E-state index contributed by atoms with van der Waals surface area (Å²) < 4.78 is 0. The topological polar surface area (TPSA) is 106 Å². The first-order valence-corrected chi connectivity index (χ1v) is 10.8. The molecule has 3 N–H and O–H groups in total. The highest BCUT2D eigenvalue weighted by molar-refractivity contribution is 5.96. The second kappa shape index (κ2) is 10.8. The minimum absolute atomic E-state index is 0.0421. The molecule has 33 heavy (non-hydrogen) atoms. The number of fused-ring (bicyclic) bond motifs is 2. The van der Waals surface area contributed by atoms with Crippen LogP contribution in [0, 0.1) is 0 Å². The van der Waals surface area contributed by atoms with Crippen LogP contribution in [0.15, 0.2) is 48.5 Å². The summed E-state index contributed by atoms with van der Waals surface area (Å²) in [7, 11) is 3.97. The molecule has 1 atom stereocenters. The molecule has 1 amide bonds. The molecule has 1 aliphatic rings. The number of pyridine rings is 1. The van der Waals surface area contributed by atoms with E-state index in [2.05, 4.69) is 16.3 Å². The van der Waals surface area contributed by atoms with E-state index >= 15 is 0 Å². The van der Waals surface area contributed by atoms with Gasteiger partial charge in [0.1, 0.15) is 11.4 Å². The van der Waals surface area contributed by atoms with Crippen LogP contribution in [0.2, 0.25) is 0 Å². The van der Waals surface area contributed by atoms with Crippen LogP contribution in [0.25, 0.3) is 10.8 Å². The predicted octanol–water partition coefficient (Wildman–Crippen LogP) is 2.88. The number of nitrogens with one attached hydrogen (secondary N) is 1. The largest absolute Gasteiger partial charge is 0.508 e. The Hall–Kier alpha value is -3.65. The second-order valence-electron chi connectivity index (χ2n) is 8.40. The minimum atomic E-state index is -0.250.